The van der Waals surface area contributed by atoms with Crippen LogP contribution in [0.25, 0.3) is 0 Å². The topological polar surface area (TPSA) is 80.5 Å². The average molecular weight is 342 g/mol. The molecule has 0 radical (unpaired) electrons. The molecule has 0 unspecified atom stereocenters. The summed E-state index contributed by atoms with van der Waals surface area (Å²) in [6.45, 7) is 4.93. The second kappa shape index (κ2) is 6.48. The van der Waals surface area contributed by atoms with Crippen LogP contribution >= 0.6 is 0 Å². The van der Waals surface area contributed by atoms with E-state index in [1.807, 2.05) is 25.1 Å². The molecule has 0 bridgehead atoms. The van der Waals surface area contributed by atoms with Gasteiger partial charge in [0.25, 0.3) is 5.91 Å². The maximum Gasteiger partial charge on any atom is 0.255 e. The molecule has 1 saturated heterocycles. The maximum absolute atomic E-state index is 12.2. The monoisotopic (exact) mass is 342 g/mol. The molecule has 2 aromatic rings. The Bertz CT molecular complexity index is 765. The zero-order valence-corrected chi connectivity index (χ0v) is 14.3. The number of hydrogen-bond donors (Lipinski definition) is 1. The molecular weight excluding hydrogens is 320 g/mol. The Kier molecular flexibility index (Phi) is 4.17. The Morgan fingerprint density at radius 3 is 2.84 bits per heavy atom. The lowest BCUT2D eigenvalue weighted by atomic mass is 9.91. The molecule has 1 aromatic carbocycles. The largest absolute Gasteiger partial charge is 0.485 e. The van der Waals surface area contributed by atoms with Crippen LogP contribution < -0.4 is 10.1 Å². The number of carbonyl (C=O) groups excluding carboxylic acids is 1. The predicted molar refractivity (Wildman–Crippen MR) is 90.3 cm³/mol. The van der Waals surface area contributed by atoms with Crippen molar-refractivity contribution < 1.29 is 14.1 Å². The summed E-state index contributed by atoms with van der Waals surface area (Å²) in [5, 5.41) is 6.96. The van der Waals surface area contributed by atoms with Gasteiger partial charge in [-0.3, -0.25) is 9.69 Å². The van der Waals surface area contributed by atoms with Gasteiger partial charge >= 0.3 is 0 Å². The zero-order valence-electron chi connectivity index (χ0n) is 14.3. The van der Waals surface area contributed by atoms with Crippen molar-refractivity contribution >= 4 is 5.91 Å². The van der Waals surface area contributed by atoms with Crippen LogP contribution in [0.1, 0.15) is 41.8 Å². The van der Waals surface area contributed by atoms with E-state index in [2.05, 4.69) is 20.4 Å². The normalized spacial score (nSPS) is 19.8. The van der Waals surface area contributed by atoms with Gasteiger partial charge in [0, 0.05) is 32.4 Å². The highest BCUT2D eigenvalue weighted by molar-refractivity contribution is 5.97. The number of piperidine rings is 1. The Labute approximate surface area is 146 Å². The van der Waals surface area contributed by atoms with Crippen LogP contribution in [0.15, 0.2) is 28.8 Å². The van der Waals surface area contributed by atoms with Crippen molar-refractivity contribution in [1.29, 1.82) is 0 Å². The first kappa shape index (κ1) is 16.1. The van der Waals surface area contributed by atoms with E-state index in [-0.39, 0.29) is 11.5 Å². The number of ether oxygens (including phenoxy) is 1. The number of rotatable bonds is 3. The lowest BCUT2D eigenvalue weighted by Gasteiger charge is -2.40. The van der Waals surface area contributed by atoms with Crippen LogP contribution in [0.2, 0.25) is 0 Å². The Morgan fingerprint density at radius 2 is 2.08 bits per heavy atom. The molecule has 4 rings (SSSR count). The number of nitrogens with zero attached hydrogens (tertiary/aromatic N) is 3. The molecule has 2 aliphatic heterocycles. The minimum atomic E-state index is -0.345. The number of nitrogens with one attached hydrogen (secondary N) is 1. The standard InChI is InChI=1S/C18H22N4O3/c1-2-15-20-16(25-21-15)11-22-9-7-18(8-10-22)12-19-17(23)13-5-3-4-6-14(13)24-18/h3-6H,2,7-12H2,1H3,(H,19,23). The van der Waals surface area contributed by atoms with E-state index < -0.39 is 0 Å². The number of hydrogen-bond acceptors (Lipinski definition) is 6. The summed E-state index contributed by atoms with van der Waals surface area (Å²) in [6, 6.07) is 7.44. The number of amides is 1. The van der Waals surface area contributed by atoms with Crippen LogP contribution in [0.5, 0.6) is 5.75 Å². The van der Waals surface area contributed by atoms with Crippen molar-refractivity contribution in [2.75, 3.05) is 19.6 Å². The molecule has 0 atom stereocenters. The molecule has 2 aliphatic rings. The molecule has 1 amide bonds. The van der Waals surface area contributed by atoms with Crippen molar-refractivity contribution in [3.8, 4) is 5.75 Å². The molecule has 1 fully saturated rings. The summed E-state index contributed by atoms with van der Waals surface area (Å²) < 4.78 is 11.6. The quantitative estimate of drug-likeness (QED) is 0.916. The van der Waals surface area contributed by atoms with E-state index in [0.29, 0.717) is 30.3 Å². The van der Waals surface area contributed by atoms with Crippen LogP contribution in [0.4, 0.5) is 0 Å². The number of para-hydroxylation sites is 1. The highest BCUT2D eigenvalue weighted by Crippen LogP contribution is 2.33. The van der Waals surface area contributed by atoms with E-state index >= 15 is 0 Å². The van der Waals surface area contributed by atoms with Gasteiger partial charge in [0.15, 0.2) is 5.82 Å². The van der Waals surface area contributed by atoms with E-state index in [1.165, 1.54) is 0 Å². The first-order valence-electron chi connectivity index (χ1n) is 8.77. The van der Waals surface area contributed by atoms with Gasteiger partial charge in [-0.05, 0) is 12.1 Å². The molecule has 1 N–H and O–H groups in total. The molecule has 132 valence electrons. The van der Waals surface area contributed by atoms with Crippen molar-refractivity contribution in [2.24, 2.45) is 0 Å². The third-order valence-electron chi connectivity index (χ3n) is 4.98. The number of fused-ring (bicyclic) bond motifs is 1. The second-order valence-corrected chi connectivity index (χ2v) is 6.70. The van der Waals surface area contributed by atoms with E-state index in [4.69, 9.17) is 9.26 Å². The molecule has 7 nitrogen and oxygen atoms in total. The number of benzene rings is 1. The summed E-state index contributed by atoms with van der Waals surface area (Å²) in [5.41, 5.74) is 0.266. The van der Waals surface area contributed by atoms with Crippen LogP contribution in [-0.4, -0.2) is 46.2 Å². The summed E-state index contributed by atoms with van der Waals surface area (Å²) in [5.74, 6) is 2.02. The van der Waals surface area contributed by atoms with Crippen molar-refractivity contribution in [3.63, 3.8) is 0 Å². The fourth-order valence-electron chi connectivity index (χ4n) is 3.44. The van der Waals surface area contributed by atoms with E-state index in [1.54, 1.807) is 6.07 Å². The van der Waals surface area contributed by atoms with Gasteiger partial charge in [-0.2, -0.15) is 4.98 Å². The van der Waals surface area contributed by atoms with Crippen LogP contribution in [-0.2, 0) is 13.0 Å². The Balaban J connectivity index is 1.43. The minimum absolute atomic E-state index is 0.0622. The fraction of sp³-hybridized carbons (Fsp3) is 0.500. The number of carbonyl (C=O) groups is 1. The van der Waals surface area contributed by atoms with Gasteiger partial charge in [-0.15, -0.1) is 0 Å². The van der Waals surface area contributed by atoms with Crippen molar-refractivity contribution in [3.05, 3.63) is 41.5 Å². The third-order valence-corrected chi connectivity index (χ3v) is 4.98. The SMILES string of the molecule is CCc1noc(CN2CCC3(CC2)CNC(=O)c2ccccc2O3)n1. The Morgan fingerprint density at radius 1 is 1.28 bits per heavy atom. The molecular formula is C18H22N4O3. The summed E-state index contributed by atoms with van der Waals surface area (Å²) in [4.78, 5) is 18.9. The van der Waals surface area contributed by atoms with Crippen LogP contribution in [0, 0.1) is 0 Å². The highest BCUT2D eigenvalue weighted by atomic mass is 16.5. The molecule has 1 spiro atoms. The summed E-state index contributed by atoms with van der Waals surface area (Å²) in [7, 11) is 0. The number of likely N-dealkylation sites (tertiary alicyclic amines) is 1. The number of aryl methyl sites for hydroxylation is 1. The van der Waals surface area contributed by atoms with Gasteiger partial charge in [0.05, 0.1) is 18.7 Å². The zero-order chi connectivity index (χ0) is 17.3. The third kappa shape index (κ3) is 3.24. The lowest BCUT2D eigenvalue weighted by molar-refractivity contribution is 0.00161. The predicted octanol–water partition coefficient (Wildman–Crippen LogP) is 1.79. The smallest absolute Gasteiger partial charge is 0.255 e. The van der Waals surface area contributed by atoms with Crippen LogP contribution in [0.3, 0.4) is 0 Å². The Hall–Kier alpha value is -2.41. The van der Waals surface area contributed by atoms with E-state index in [0.717, 1.165) is 38.2 Å². The highest BCUT2D eigenvalue weighted by Gasteiger charge is 2.40. The second-order valence-electron chi connectivity index (χ2n) is 6.70. The first-order valence-corrected chi connectivity index (χ1v) is 8.77. The fourth-order valence-corrected chi connectivity index (χ4v) is 3.44. The maximum atomic E-state index is 12.2. The van der Waals surface area contributed by atoms with E-state index in [9.17, 15) is 4.79 Å². The summed E-state index contributed by atoms with van der Waals surface area (Å²) >= 11 is 0. The molecule has 0 aliphatic carbocycles. The van der Waals surface area contributed by atoms with Crippen molar-refractivity contribution in [1.82, 2.24) is 20.4 Å². The lowest BCUT2D eigenvalue weighted by Crippen LogP contribution is -2.53. The molecule has 7 heteroatoms. The van der Waals surface area contributed by atoms with Gasteiger partial charge in [0.2, 0.25) is 5.89 Å². The first-order chi connectivity index (χ1) is 12.2. The molecule has 1 aromatic heterocycles. The molecule has 3 heterocycles. The molecule has 25 heavy (non-hydrogen) atoms. The van der Waals surface area contributed by atoms with Crippen molar-refractivity contribution in [2.45, 2.75) is 38.3 Å². The average Bonchev–Trinajstić information content (AvgIpc) is 3.04. The van der Waals surface area contributed by atoms with Gasteiger partial charge in [-0.25, -0.2) is 0 Å². The van der Waals surface area contributed by atoms with Gasteiger partial charge in [0.1, 0.15) is 11.4 Å². The number of aromatic nitrogens is 2. The van der Waals surface area contributed by atoms with Gasteiger partial charge < -0.3 is 14.6 Å². The molecule has 0 saturated carbocycles. The minimum Gasteiger partial charge on any atom is -0.485 e. The summed E-state index contributed by atoms with van der Waals surface area (Å²) in [6.07, 6.45) is 2.46. The van der Waals surface area contributed by atoms with Gasteiger partial charge in [-0.1, -0.05) is 24.2 Å².